The highest BCUT2D eigenvalue weighted by Crippen LogP contribution is 2.47. The number of thiophene rings is 1. The number of benzene rings is 1. The van der Waals surface area contributed by atoms with Gasteiger partial charge >= 0.3 is 0 Å². The van der Waals surface area contributed by atoms with Crippen molar-refractivity contribution in [2.75, 3.05) is 5.32 Å². The van der Waals surface area contributed by atoms with Crippen molar-refractivity contribution in [3.8, 4) is 11.3 Å². The van der Waals surface area contributed by atoms with E-state index in [1.807, 2.05) is 36.4 Å². The maximum absolute atomic E-state index is 13.1. The van der Waals surface area contributed by atoms with Gasteiger partial charge in [0.1, 0.15) is 16.5 Å². The van der Waals surface area contributed by atoms with E-state index >= 15 is 0 Å². The molecule has 2 atom stereocenters. The summed E-state index contributed by atoms with van der Waals surface area (Å²) >= 11 is 8.05. The molecule has 31 heavy (non-hydrogen) atoms. The van der Waals surface area contributed by atoms with Gasteiger partial charge in [0.2, 0.25) is 0 Å². The predicted octanol–water partition coefficient (Wildman–Crippen LogP) is 7.06. The van der Waals surface area contributed by atoms with Crippen molar-refractivity contribution in [3.63, 3.8) is 0 Å². The van der Waals surface area contributed by atoms with E-state index in [1.165, 1.54) is 16.9 Å². The highest BCUT2D eigenvalue weighted by molar-refractivity contribution is 7.16. The number of halogens is 1. The number of amides is 1. The minimum Gasteiger partial charge on any atom is -0.457 e. The fraction of sp³-hybridized carbons (Fsp3) is 0.400. The number of carbonyl (C=O) groups excluding carboxylic acids is 1. The zero-order valence-electron chi connectivity index (χ0n) is 18.0. The molecule has 0 fully saturated rings. The van der Waals surface area contributed by atoms with Crippen molar-refractivity contribution in [1.82, 2.24) is 5.32 Å². The molecule has 2 aliphatic rings. The normalized spacial score (nSPS) is 20.6. The zero-order chi connectivity index (χ0) is 21.8. The van der Waals surface area contributed by atoms with Crippen molar-refractivity contribution in [2.45, 2.75) is 52.6 Å². The summed E-state index contributed by atoms with van der Waals surface area (Å²) in [6, 6.07) is 11.4. The molecule has 1 aliphatic heterocycles. The molecule has 1 aliphatic carbocycles. The summed E-state index contributed by atoms with van der Waals surface area (Å²) in [4.78, 5) is 14.4. The van der Waals surface area contributed by atoms with Crippen molar-refractivity contribution >= 4 is 33.8 Å². The van der Waals surface area contributed by atoms with Gasteiger partial charge in [-0.15, -0.1) is 11.3 Å². The van der Waals surface area contributed by atoms with Gasteiger partial charge in [-0.05, 0) is 60.4 Å². The molecule has 0 bridgehead atoms. The number of fused-ring (bicyclic) bond motifs is 3. The molecule has 2 aromatic heterocycles. The SMILES string of the molecule is CCC(C)(C)[C@@H]1CCc2c(sc3c2C(=O)N[C@H](c2ccc(-c4ccccc4Cl)o2)N3)C1. The Bertz CT molecular complexity index is 1150. The molecular formula is C25H27ClN2O2S. The third-order valence-electron chi connectivity index (χ3n) is 7.11. The largest absolute Gasteiger partial charge is 0.457 e. The lowest BCUT2D eigenvalue weighted by Crippen LogP contribution is -2.38. The highest BCUT2D eigenvalue weighted by atomic mass is 35.5. The molecule has 5 rings (SSSR count). The summed E-state index contributed by atoms with van der Waals surface area (Å²) < 4.78 is 6.07. The summed E-state index contributed by atoms with van der Waals surface area (Å²) in [5, 5.41) is 8.20. The zero-order valence-corrected chi connectivity index (χ0v) is 19.6. The molecule has 6 heteroatoms. The molecule has 1 amide bonds. The van der Waals surface area contributed by atoms with E-state index in [0.29, 0.717) is 27.9 Å². The van der Waals surface area contributed by atoms with E-state index in [0.717, 1.165) is 35.4 Å². The van der Waals surface area contributed by atoms with Gasteiger partial charge in [-0.25, -0.2) is 0 Å². The fourth-order valence-corrected chi connectivity index (χ4v) is 6.29. The van der Waals surface area contributed by atoms with Gasteiger partial charge in [-0.2, -0.15) is 0 Å². The average Bonchev–Trinajstić information content (AvgIpc) is 3.38. The first-order chi connectivity index (χ1) is 14.9. The summed E-state index contributed by atoms with van der Waals surface area (Å²) in [7, 11) is 0. The molecule has 4 nitrogen and oxygen atoms in total. The summed E-state index contributed by atoms with van der Waals surface area (Å²) in [5.74, 6) is 2.01. The standard InChI is InChI=1S/C25H27ClN2O2S/c1-4-25(2,3)14-9-10-16-20(13-14)31-24-21(16)23(29)27-22(28-24)19-12-11-18(30-19)15-7-5-6-8-17(15)26/h5-8,11-12,14,22,28H,4,9-10,13H2,1-3H3,(H,27,29)/t14-,22+/m1/s1. The minimum atomic E-state index is -0.390. The molecule has 0 spiro atoms. The van der Waals surface area contributed by atoms with Crippen LogP contribution in [0.4, 0.5) is 5.00 Å². The Kier molecular flexibility index (Phi) is 5.14. The number of hydrogen-bond donors (Lipinski definition) is 2. The second kappa shape index (κ2) is 7.72. The lowest BCUT2D eigenvalue weighted by Gasteiger charge is -2.36. The predicted molar refractivity (Wildman–Crippen MR) is 127 cm³/mol. The fourth-order valence-electron chi connectivity index (χ4n) is 4.71. The third kappa shape index (κ3) is 3.58. The van der Waals surface area contributed by atoms with E-state index in [9.17, 15) is 4.79 Å². The van der Waals surface area contributed by atoms with Gasteiger partial charge in [0.05, 0.1) is 10.6 Å². The van der Waals surface area contributed by atoms with Crippen LogP contribution < -0.4 is 10.6 Å². The van der Waals surface area contributed by atoms with Crippen LogP contribution in [0, 0.1) is 11.3 Å². The van der Waals surface area contributed by atoms with Crippen molar-refractivity contribution in [2.24, 2.45) is 11.3 Å². The Balaban J connectivity index is 1.41. The number of furan rings is 1. The molecule has 162 valence electrons. The lowest BCUT2D eigenvalue weighted by molar-refractivity contribution is 0.0930. The van der Waals surface area contributed by atoms with Gasteiger partial charge in [0, 0.05) is 10.4 Å². The molecule has 1 aromatic carbocycles. The van der Waals surface area contributed by atoms with E-state index < -0.39 is 0 Å². The number of carbonyl (C=O) groups is 1. The van der Waals surface area contributed by atoms with Crippen LogP contribution in [-0.2, 0) is 12.8 Å². The molecule has 3 heterocycles. The van der Waals surface area contributed by atoms with E-state index in [-0.39, 0.29) is 12.1 Å². The van der Waals surface area contributed by atoms with Crippen molar-refractivity contribution < 1.29 is 9.21 Å². The van der Waals surface area contributed by atoms with Crippen LogP contribution in [0.25, 0.3) is 11.3 Å². The van der Waals surface area contributed by atoms with Gasteiger partial charge in [-0.1, -0.05) is 50.9 Å². The topological polar surface area (TPSA) is 54.3 Å². The van der Waals surface area contributed by atoms with Crippen molar-refractivity contribution in [3.05, 3.63) is 63.2 Å². The van der Waals surface area contributed by atoms with Gasteiger partial charge in [-0.3, -0.25) is 4.79 Å². The average molecular weight is 455 g/mol. The Morgan fingerprint density at radius 1 is 1.19 bits per heavy atom. The number of rotatable bonds is 4. The monoisotopic (exact) mass is 454 g/mol. The molecule has 0 saturated heterocycles. The lowest BCUT2D eigenvalue weighted by atomic mass is 9.69. The molecule has 0 unspecified atom stereocenters. The van der Waals surface area contributed by atoms with Gasteiger partial charge < -0.3 is 15.1 Å². The minimum absolute atomic E-state index is 0.0138. The first-order valence-corrected chi connectivity index (χ1v) is 12.1. The highest BCUT2D eigenvalue weighted by Gasteiger charge is 2.37. The third-order valence-corrected chi connectivity index (χ3v) is 8.63. The first-order valence-electron chi connectivity index (χ1n) is 10.9. The van der Waals surface area contributed by atoms with Crippen LogP contribution in [-0.4, -0.2) is 5.91 Å². The molecular weight excluding hydrogens is 428 g/mol. The van der Waals surface area contributed by atoms with E-state index in [1.54, 1.807) is 11.3 Å². The number of nitrogens with one attached hydrogen (secondary N) is 2. The van der Waals surface area contributed by atoms with Gasteiger partial charge in [0.25, 0.3) is 5.91 Å². The Morgan fingerprint density at radius 2 is 2.00 bits per heavy atom. The van der Waals surface area contributed by atoms with Crippen LogP contribution in [0.1, 0.15) is 66.3 Å². The summed E-state index contributed by atoms with van der Waals surface area (Å²) in [5.41, 5.74) is 3.24. The maximum atomic E-state index is 13.1. The van der Waals surface area contributed by atoms with Crippen LogP contribution in [0.15, 0.2) is 40.8 Å². The van der Waals surface area contributed by atoms with Crippen LogP contribution in [0.2, 0.25) is 5.02 Å². The quantitative estimate of drug-likeness (QED) is 0.443. The molecule has 3 aromatic rings. The van der Waals surface area contributed by atoms with E-state index in [4.69, 9.17) is 16.0 Å². The smallest absolute Gasteiger partial charge is 0.256 e. The van der Waals surface area contributed by atoms with Gasteiger partial charge in [0.15, 0.2) is 6.17 Å². The van der Waals surface area contributed by atoms with Crippen LogP contribution >= 0.6 is 22.9 Å². The molecule has 0 saturated carbocycles. The van der Waals surface area contributed by atoms with Crippen LogP contribution in [0.5, 0.6) is 0 Å². The Labute approximate surface area is 192 Å². The first kappa shape index (κ1) is 20.7. The summed E-state index contributed by atoms with van der Waals surface area (Å²) in [6.45, 7) is 7.00. The van der Waals surface area contributed by atoms with E-state index in [2.05, 4.69) is 31.4 Å². The number of hydrogen-bond acceptors (Lipinski definition) is 4. The Morgan fingerprint density at radius 3 is 2.77 bits per heavy atom. The Hall–Kier alpha value is -2.24. The summed E-state index contributed by atoms with van der Waals surface area (Å²) in [6.07, 6.45) is 3.97. The maximum Gasteiger partial charge on any atom is 0.256 e. The second-order valence-electron chi connectivity index (χ2n) is 9.22. The number of anilines is 1. The van der Waals surface area contributed by atoms with Crippen LogP contribution in [0.3, 0.4) is 0 Å². The molecule has 2 N–H and O–H groups in total. The van der Waals surface area contributed by atoms with Crippen molar-refractivity contribution in [1.29, 1.82) is 0 Å². The molecule has 0 radical (unpaired) electrons. The second-order valence-corrected chi connectivity index (χ2v) is 10.7.